The molecule has 2 aromatic carbocycles. The van der Waals surface area contributed by atoms with Gasteiger partial charge in [-0.2, -0.15) is 0 Å². The fourth-order valence-corrected chi connectivity index (χ4v) is 3.18. The van der Waals surface area contributed by atoms with E-state index in [4.69, 9.17) is 11.6 Å². The molecule has 4 heteroatoms. The predicted molar refractivity (Wildman–Crippen MR) is 84.4 cm³/mol. The summed E-state index contributed by atoms with van der Waals surface area (Å²) in [6, 6.07) is 17.4. The molecule has 100 valence electrons. The molecule has 0 unspecified atom stereocenters. The van der Waals surface area contributed by atoms with E-state index in [9.17, 15) is 4.79 Å². The molecule has 1 heterocycles. The van der Waals surface area contributed by atoms with Gasteiger partial charge in [-0.15, -0.1) is 11.3 Å². The summed E-state index contributed by atoms with van der Waals surface area (Å²) in [4.78, 5) is 12.9. The van der Waals surface area contributed by atoms with Crippen molar-refractivity contribution in [3.8, 4) is 0 Å². The van der Waals surface area contributed by atoms with E-state index in [1.54, 1.807) is 0 Å². The normalized spacial score (nSPS) is 10.7. The number of fused-ring (bicyclic) bond motifs is 1. The fraction of sp³-hybridized carbons (Fsp3) is 0.0625. The van der Waals surface area contributed by atoms with Crippen molar-refractivity contribution in [2.75, 3.05) is 0 Å². The van der Waals surface area contributed by atoms with Gasteiger partial charge < -0.3 is 5.32 Å². The molecule has 3 rings (SSSR count). The molecule has 1 amide bonds. The van der Waals surface area contributed by atoms with Gasteiger partial charge in [-0.25, -0.2) is 0 Å². The highest BCUT2D eigenvalue weighted by molar-refractivity contribution is 7.20. The highest BCUT2D eigenvalue weighted by Crippen LogP contribution is 2.25. The summed E-state index contributed by atoms with van der Waals surface area (Å²) < 4.78 is 1.12. The number of carbonyl (C=O) groups excluding carboxylic acids is 1. The van der Waals surface area contributed by atoms with Crippen LogP contribution in [-0.2, 0) is 6.54 Å². The molecule has 0 saturated carbocycles. The smallest absolute Gasteiger partial charge is 0.261 e. The van der Waals surface area contributed by atoms with Crippen LogP contribution in [0.2, 0.25) is 5.02 Å². The minimum Gasteiger partial charge on any atom is -0.347 e. The van der Waals surface area contributed by atoms with Crippen molar-refractivity contribution in [1.82, 2.24) is 5.32 Å². The zero-order chi connectivity index (χ0) is 13.9. The molecule has 0 radical (unpaired) electrons. The zero-order valence-electron chi connectivity index (χ0n) is 10.6. The van der Waals surface area contributed by atoms with E-state index in [-0.39, 0.29) is 5.91 Å². The highest BCUT2D eigenvalue weighted by atomic mass is 35.5. The van der Waals surface area contributed by atoms with Crippen molar-refractivity contribution in [1.29, 1.82) is 0 Å². The number of nitrogens with one attached hydrogen (secondary N) is 1. The summed E-state index contributed by atoms with van der Waals surface area (Å²) in [6.45, 7) is 0.437. The predicted octanol–water partition coefficient (Wildman–Crippen LogP) is 4.48. The minimum absolute atomic E-state index is 0.0638. The molecule has 0 saturated heterocycles. The van der Waals surface area contributed by atoms with E-state index in [1.165, 1.54) is 11.3 Å². The second kappa shape index (κ2) is 5.65. The maximum absolute atomic E-state index is 12.2. The van der Waals surface area contributed by atoms with Crippen LogP contribution in [0.5, 0.6) is 0 Å². The lowest BCUT2D eigenvalue weighted by Crippen LogP contribution is -2.21. The van der Waals surface area contributed by atoms with Crippen molar-refractivity contribution in [2.45, 2.75) is 6.54 Å². The van der Waals surface area contributed by atoms with Crippen LogP contribution < -0.4 is 5.32 Å². The molecule has 0 atom stereocenters. The number of amides is 1. The van der Waals surface area contributed by atoms with Gasteiger partial charge in [0.25, 0.3) is 5.91 Å². The van der Waals surface area contributed by atoms with E-state index in [2.05, 4.69) is 5.32 Å². The first-order valence-corrected chi connectivity index (χ1v) is 7.43. The molecule has 0 spiro atoms. The summed E-state index contributed by atoms with van der Waals surface area (Å²) >= 11 is 7.57. The minimum atomic E-state index is -0.0638. The summed E-state index contributed by atoms with van der Waals surface area (Å²) in [7, 11) is 0. The van der Waals surface area contributed by atoms with Gasteiger partial charge in [-0.1, -0.05) is 48.0 Å². The summed E-state index contributed by atoms with van der Waals surface area (Å²) in [5.41, 5.74) is 0.920. The molecule has 20 heavy (non-hydrogen) atoms. The molecule has 2 nitrogen and oxygen atoms in total. The molecule has 1 aromatic heterocycles. The van der Waals surface area contributed by atoms with E-state index < -0.39 is 0 Å². The summed E-state index contributed by atoms with van der Waals surface area (Å²) in [6.07, 6.45) is 0. The molecule has 3 aromatic rings. The zero-order valence-corrected chi connectivity index (χ0v) is 12.2. The van der Waals surface area contributed by atoms with Gasteiger partial charge >= 0.3 is 0 Å². The third-order valence-corrected chi connectivity index (χ3v) is 4.53. The van der Waals surface area contributed by atoms with Crippen LogP contribution >= 0.6 is 22.9 Å². The molecule has 0 fully saturated rings. The van der Waals surface area contributed by atoms with Crippen LogP contribution in [0.25, 0.3) is 10.1 Å². The lowest BCUT2D eigenvalue weighted by Gasteiger charge is -2.05. The first-order valence-electron chi connectivity index (χ1n) is 6.24. The van der Waals surface area contributed by atoms with Crippen molar-refractivity contribution in [2.24, 2.45) is 0 Å². The first kappa shape index (κ1) is 13.2. The van der Waals surface area contributed by atoms with Gasteiger partial charge in [-0.05, 0) is 29.1 Å². The number of thiophene rings is 1. The lowest BCUT2D eigenvalue weighted by atomic mass is 10.2. The Bertz CT molecular complexity index is 733. The standard InChI is InChI=1S/C16H12ClNOS/c17-13-7-3-1-6-12(13)10-18-16(19)15-9-11-5-2-4-8-14(11)20-15/h1-9H,10H2,(H,18,19). The molecule has 1 N–H and O–H groups in total. The van der Waals surface area contributed by atoms with E-state index in [0.29, 0.717) is 11.6 Å². The van der Waals surface area contributed by atoms with Crippen LogP contribution in [0.3, 0.4) is 0 Å². The number of carbonyl (C=O) groups is 1. The van der Waals surface area contributed by atoms with Crippen LogP contribution in [-0.4, -0.2) is 5.91 Å². The topological polar surface area (TPSA) is 29.1 Å². The lowest BCUT2D eigenvalue weighted by molar-refractivity contribution is 0.0955. The molecule has 0 aliphatic carbocycles. The van der Waals surface area contributed by atoms with Crippen LogP contribution in [0, 0.1) is 0 Å². The van der Waals surface area contributed by atoms with Crippen molar-refractivity contribution >= 4 is 38.9 Å². The van der Waals surface area contributed by atoms with Gasteiger partial charge in [0.2, 0.25) is 0 Å². The molecule has 0 aliphatic rings. The van der Waals surface area contributed by atoms with E-state index in [1.807, 2.05) is 54.6 Å². The third-order valence-electron chi connectivity index (χ3n) is 3.05. The third kappa shape index (κ3) is 2.69. The fourth-order valence-electron chi connectivity index (χ4n) is 2.00. The largest absolute Gasteiger partial charge is 0.347 e. The number of hydrogen-bond donors (Lipinski definition) is 1. The quantitative estimate of drug-likeness (QED) is 0.759. The SMILES string of the molecule is O=C(NCc1ccccc1Cl)c1cc2ccccc2s1. The second-order valence-corrected chi connectivity index (χ2v) is 5.91. The van der Waals surface area contributed by atoms with E-state index in [0.717, 1.165) is 20.5 Å². The Morgan fingerprint density at radius 2 is 1.85 bits per heavy atom. The second-order valence-electron chi connectivity index (χ2n) is 4.42. The molecule has 0 bridgehead atoms. The van der Waals surface area contributed by atoms with Crippen molar-refractivity contribution in [3.05, 3.63) is 70.1 Å². The molecule has 0 aliphatic heterocycles. The number of rotatable bonds is 3. The maximum Gasteiger partial charge on any atom is 0.261 e. The van der Waals surface area contributed by atoms with Crippen LogP contribution in [0.1, 0.15) is 15.2 Å². The van der Waals surface area contributed by atoms with Crippen LogP contribution in [0.15, 0.2) is 54.6 Å². The Labute approximate surface area is 126 Å². The van der Waals surface area contributed by atoms with Gasteiger partial charge in [0.15, 0.2) is 0 Å². The molecular formula is C16H12ClNOS. The van der Waals surface area contributed by atoms with Crippen LogP contribution in [0.4, 0.5) is 0 Å². The highest BCUT2D eigenvalue weighted by Gasteiger charge is 2.10. The Morgan fingerprint density at radius 3 is 2.65 bits per heavy atom. The van der Waals surface area contributed by atoms with Crippen molar-refractivity contribution < 1.29 is 4.79 Å². The summed E-state index contributed by atoms with van der Waals surface area (Å²) in [5.74, 6) is -0.0638. The average molecular weight is 302 g/mol. The van der Waals surface area contributed by atoms with Gasteiger partial charge in [-0.3, -0.25) is 4.79 Å². The molecular weight excluding hydrogens is 290 g/mol. The summed E-state index contributed by atoms with van der Waals surface area (Å²) in [5, 5.41) is 4.67. The van der Waals surface area contributed by atoms with Crippen molar-refractivity contribution in [3.63, 3.8) is 0 Å². The number of hydrogen-bond acceptors (Lipinski definition) is 2. The maximum atomic E-state index is 12.2. The van der Waals surface area contributed by atoms with E-state index >= 15 is 0 Å². The Balaban J connectivity index is 1.75. The average Bonchev–Trinajstić information content (AvgIpc) is 2.90. The Morgan fingerprint density at radius 1 is 1.10 bits per heavy atom. The Hall–Kier alpha value is -1.84. The van der Waals surface area contributed by atoms with Gasteiger partial charge in [0.05, 0.1) is 4.88 Å². The number of benzene rings is 2. The first-order chi connectivity index (χ1) is 9.74. The Kier molecular flexibility index (Phi) is 3.72. The van der Waals surface area contributed by atoms with Gasteiger partial charge in [0, 0.05) is 16.3 Å². The van der Waals surface area contributed by atoms with Gasteiger partial charge in [0.1, 0.15) is 0 Å². The monoisotopic (exact) mass is 301 g/mol. The number of halogens is 1.